The number of piperidine rings is 1. The first-order chi connectivity index (χ1) is 9.86. The molecule has 0 aromatic carbocycles. The lowest BCUT2D eigenvalue weighted by Crippen LogP contribution is -2.53. The molecule has 7 nitrogen and oxygen atoms in total. The molecule has 1 aliphatic rings. The number of carboxylic acid groups (broad SMARTS) is 1. The molecule has 0 radical (unpaired) electrons. The first kappa shape index (κ1) is 17.3. The Morgan fingerprint density at radius 3 is 2.62 bits per heavy atom. The minimum Gasteiger partial charge on any atom is -0.480 e. The molecular weight excluding hydrogens is 276 g/mol. The number of aliphatic carboxylic acids is 1. The molecule has 0 spiro atoms. The van der Waals surface area contributed by atoms with E-state index in [9.17, 15) is 19.5 Å². The molecule has 1 saturated heterocycles. The molecule has 1 heterocycles. The highest BCUT2D eigenvalue weighted by molar-refractivity contribution is 5.83. The van der Waals surface area contributed by atoms with Crippen molar-refractivity contribution in [3.8, 4) is 0 Å². The SMILES string of the molecule is CCOC(=O)CCN(C)C(=O)N1CCC(C)CC1C(=O)O. The summed E-state index contributed by atoms with van der Waals surface area (Å²) in [7, 11) is 1.57. The average Bonchev–Trinajstić information content (AvgIpc) is 2.44. The van der Waals surface area contributed by atoms with E-state index < -0.39 is 12.0 Å². The number of urea groups is 1. The number of nitrogens with zero attached hydrogens (tertiary/aromatic N) is 2. The van der Waals surface area contributed by atoms with Crippen molar-refractivity contribution in [3.63, 3.8) is 0 Å². The predicted molar refractivity (Wildman–Crippen MR) is 75.8 cm³/mol. The second kappa shape index (κ2) is 7.85. The summed E-state index contributed by atoms with van der Waals surface area (Å²) in [6, 6.07) is -1.13. The molecular formula is C14H24N2O5. The van der Waals surface area contributed by atoms with Crippen LogP contribution < -0.4 is 0 Å². The van der Waals surface area contributed by atoms with E-state index in [4.69, 9.17) is 4.74 Å². The summed E-state index contributed by atoms with van der Waals surface area (Å²) in [4.78, 5) is 37.7. The molecule has 7 heteroatoms. The molecule has 0 saturated carbocycles. The van der Waals surface area contributed by atoms with Crippen molar-refractivity contribution in [1.29, 1.82) is 0 Å². The summed E-state index contributed by atoms with van der Waals surface area (Å²) >= 11 is 0. The van der Waals surface area contributed by atoms with Gasteiger partial charge in [-0.05, 0) is 25.7 Å². The van der Waals surface area contributed by atoms with Crippen molar-refractivity contribution in [1.82, 2.24) is 9.80 Å². The molecule has 2 amide bonds. The molecule has 0 aliphatic carbocycles. The maximum Gasteiger partial charge on any atom is 0.326 e. The van der Waals surface area contributed by atoms with Crippen LogP contribution in [0.25, 0.3) is 0 Å². The Morgan fingerprint density at radius 2 is 2.05 bits per heavy atom. The summed E-state index contributed by atoms with van der Waals surface area (Å²) in [5.74, 6) is -1.05. The zero-order chi connectivity index (χ0) is 16.0. The van der Waals surface area contributed by atoms with Gasteiger partial charge in [-0.2, -0.15) is 0 Å². The quantitative estimate of drug-likeness (QED) is 0.770. The number of carbonyl (C=O) groups excluding carboxylic acids is 2. The molecule has 0 bridgehead atoms. The van der Waals surface area contributed by atoms with E-state index in [0.29, 0.717) is 25.5 Å². The largest absolute Gasteiger partial charge is 0.480 e. The Morgan fingerprint density at radius 1 is 1.38 bits per heavy atom. The Bertz CT molecular complexity index is 399. The minimum absolute atomic E-state index is 0.109. The predicted octanol–water partition coefficient (Wildman–Crippen LogP) is 1.18. The van der Waals surface area contributed by atoms with Gasteiger partial charge in [0.05, 0.1) is 13.0 Å². The van der Waals surface area contributed by atoms with Gasteiger partial charge in [-0.3, -0.25) is 4.79 Å². The third kappa shape index (κ3) is 4.91. The van der Waals surface area contributed by atoms with Gasteiger partial charge in [-0.1, -0.05) is 6.92 Å². The monoisotopic (exact) mass is 300 g/mol. The number of ether oxygens (including phenoxy) is 1. The molecule has 1 aliphatic heterocycles. The fourth-order valence-electron chi connectivity index (χ4n) is 2.41. The Balaban J connectivity index is 2.59. The van der Waals surface area contributed by atoms with Crippen molar-refractivity contribution >= 4 is 18.0 Å². The third-order valence-electron chi connectivity index (χ3n) is 3.68. The van der Waals surface area contributed by atoms with E-state index in [1.165, 1.54) is 9.80 Å². The summed E-state index contributed by atoms with van der Waals surface area (Å²) < 4.78 is 4.81. The van der Waals surface area contributed by atoms with E-state index >= 15 is 0 Å². The van der Waals surface area contributed by atoms with Gasteiger partial charge in [-0.25, -0.2) is 9.59 Å². The number of esters is 1. The number of hydrogen-bond donors (Lipinski definition) is 1. The van der Waals surface area contributed by atoms with Crippen molar-refractivity contribution in [2.45, 2.75) is 39.2 Å². The summed E-state index contributed by atoms with van der Waals surface area (Å²) in [6.07, 6.45) is 1.37. The lowest BCUT2D eigenvalue weighted by atomic mass is 9.93. The fourth-order valence-corrected chi connectivity index (χ4v) is 2.41. The fraction of sp³-hybridized carbons (Fsp3) is 0.786. The smallest absolute Gasteiger partial charge is 0.326 e. The van der Waals surface area contributed by atoms with Crippen LogP contribution in [-0.4, -0.2) is 65.7 Å². The molecule has 1 fully saturated rings. The Labute approximate surface area is 124 Å². The molecule has 120 valence electrons. The maximum absolute atomic E-state index is 12.3. The van der Waals surface area contributed by atoms with Gasteiger partial charge in [0.25, 0.3) is 0 Å². The summed E-state index contributed by atoms with van der Waals surface area (Å²) in [6.45, 7) is 4.67. The molecule has 1 N–H and O–H groups in total. The molecule has 0 aromatic heterocycles. The van der Waals surface area contributed by atoms with Gasteiger partial charge < -0.3 is 19.6 Å². The highest BCUT2D eigenvalue weighted by Crippen LogP contribution is 2.23. The lowest BCUT2D eigenvalue weighted by Gasteiger charge is -2.38. The van der Waals surface area contributed by atoms with Crippen molar-refractivity contribution in [3.05, 3.63) is 0 Å². The van der Waals surface area contributed by atoms with E-state index in [2.05, 4.69) is 0 Å². The van der Waals surface area contributed by atoms with E-state index in [0.717, 1.165) is 6.42 Å². The average molecular weight is 300 g/mol. The number of hydrogen-bond acceptors (Lipinski definition) is 4. The molecule has 0 aromatic rings. The van der Waals surface area contributed by atoms with Crippen LogP contribution >= 0.6 is 0 Å². The lowest BCUT2D eigenvalue weighted by molar-refractivity contribution is -0.145. The van der Waals surface area contributed by atoms with E-state index in [1.807, 2.05) is 6.92 Å². The van der Waals surface area contributed by atoms with Crippen LogP contribution in [0.4, 0.5) is 4.79 Å². The van der Waals surface area contributed by atoms with Crippen LogP contribution in [0.3, 0.4) is 0 Å². The van der Waals surface area contributed by atoms with Crippen LogP contribution in [0.2, 0.25) is 0 Å². The second-order valence-corrected chi connectivity index (χ2v) is 5.44. The summed E-state index contributed by atoms with van der Waals surface area (Å²) in [5, 5.41) is 9.26. The maximum atomic E-state index is 12.3. The van der Waals surface area contributed by atoms with Crippen LogP contribution in [0.15, 0.2) is 0 Å². The zero-order valence-corrected chi connectivity index (χ0v) is 12.9. The molecule has 2 unspecified atom stereocenters. The summed E-state index contributed by atoms with van der Waals surface area (Å²) in [5.41, 5.74) is 0. The number of rotatable bonds is 5. The van der Waals surface area contributed by atoms with Gasteiger partial charge in [0, 0.05) is 20.1 Å². The Kier molecular flexibility index (Phi) is 6.45. The van der Waals surface area contributed by atoms with E-state index in [-0.39, 0.29) is 25.0 Å². The van der Waals surface area contributed by atoms with Crippen molar-refractivity contribution in [2.75, 3.05) is 26.7 Å². The van der Waals surface area contributed by atoms with E-state index in [1.54, 1.807) is 14.0 Å². The Hall–Kier alpha value is -1.79. The van der Waals surface area contributed by atoms with Crippen LogP contribution in [0, 0.1) is 5.92 Å². The first-order valence-corrected chi connectivity index (χ1v) is 7.27. The van der Waals surface area contributed by atoms with Gasteiger partial charge in [-0.15, -0.1) is 0 Å². The highest BCUT2D eigenvalue weighted by atomic mass is 16.5. The van der Waals surface area contributed by atoms with Crippen molar-refractivity contribution in [2.24, 2.45) is 5.92 Å². The number of amides is 2. The highest BCUT2D eigenvalue weighted by Gasteiger charge is 2.35. The first-order valence-electron chi connectivity index (χ1n) is 7.27. The van der Waals surface area contributed by atoms with Gasteiger partial charge in [0.1, 0.15) is 6.04 Å². The van der Waals surface area contributed by atoms with Gasteiger partial charge in [0.15, 0.2) is 0 Å². The molecule has 2 atom stereocenters. The van der Waals surface area contributed by atoms with Gasteiger partial charge >= 0.3 is 18.0 Å². The topological polar surface area (TPSA) is 87.2 Å². The van der Waals surface area contributed by atoms with Gasteiger partial charge in [0.2, 0.25) is 0 Å². The normalized spacial score (nSPS) is 21.8. The third-order valence-corrected chi connectivity index (χ3v) is 3.68. The van der Waals surface area contributed by atoms with Crippen molar-refractivity contribution < 1.29 is 24.2 Å². The number of carbonyl (C=O) groups is 3. The number of likely N-dealkylation sites (tertiary alicyclic amines) is 1. The second-order valence-electron chi connectivity index (χ2n) is 5.44. The van der Waals surface area contributed by atoms with Crippen LogP contribution in [0.5, 0.6) is 0 Å². The standard InChI is InChI=1S/C14H24N2O5/c1-4-21-12(17)6-7-15(3)14(20)16-8-5-10(2)9-11(16)13(18)19/h10-11H,4-9H2,1-3H3,(H,18,19). The minimum atomic E-state index is -0.978. The number of carboxylic acids is 1. The van der Waals surface area contributed by atoms with Crippen LogP contribution in [0.1, 0.15) is 33.1 Å². The molecule has 1 rings (SSSR count). The zero-order valence-electron chi connectivity index (χ0n) is 12.9. The van der Waals surface area contributed by atoms with Crippen LogP contribution in [-0.2, 0) is 14.3 Å². The molecule has 21 heavy (non-hydrogen) atoms.